The lowest BCUT2D eigenvalue weighted by Crippen LogP contribution is -2.11. The molecule has 31 heavy (non-hydrogen) atoms. The minimum absolute atomic E-state index is 0.179. The van der Waals surface area contributed by atoms with Gasteiger partial charge in [0.25, 0.3) is 0 Å². The number of carboxylic acid groups (broad SMARTS) is 1. The van der Waals surface area contributed by atoms with Crippen molar-refractivity contribution in [3.8, 4) is 17.2 Å². The van der Waals surface area contributed by atoms with E-state index in [1.165, 1.54) is 0 Å². The second-order valence-corrected chi connectivity index (χ2v) is 7.50. The first-order valence-electron chi connectivity index (χ1n) is 9.97. The summed E-state index contributed by atoms with van der Waals surface area (Å²) in [5.74, 6) is -0.976. The Morgan fingerprint density at radius 3 is 2.48 bits per heavy atom. The summed E-state index contributed by atoms with van der Waals surface area (Å²) in [6.45, 7) is 3.98. The van der Waals surface area contributed by atoms with Crippen LogP contribution in [0.5, 0.6) is 0 Å². The van der Waals surface area contributed by atoms with E-state index >= 15 is 0 Å². The van der Waals surface area contributed by atoms with Gasteiger partial charge in [-0.3, -0.25) is 0 Å². The molecule has 2 N–H and O–H groups in total. The lowest BCUT2D eigenvalue weighted by Gasteiger charge is -2.20. The number of nitriles is 1. The third-order valence-electron chi connectivity index (χ3n) is 5.30. The van der Waals surface area contributed by atoms with E-state index in [4.69, 9.17) is 0 Å². The van der Waals surface area contributed by atoms with E-state index in [1.54, 1.807) is 18.2 Å². The van der Waals surface area contributed by atoms with E-state index in [2.05, 4.69) is 22.4 Å². The molecular weight excluding hydrogens is 386 g/mol. The Labute approximate surface area is 180 Å². The Morgan fingerprint density at radius 1 is 1.06 bits per heavy atom. The van der Waals surface area contributed by atoms with E-state index in [0.717, 1.165) is 33.2 Å². The van der Waals surface area contributed by atoms with Crippen LogP contribution in [-0.2, 0) is 0 Å². The number of fused-ring (bicyclic) bond motifs is 1. The van der Waals surface area contributed by atoms with Crippen molar-refractivity contribution in [2.45, 2.75) is 19.9 Å². The maximum Gasteiger partial charge on any atom is 0.337 e. The number of aryl methyl sites for hydroxylation is 1. The number of carboxylic acids is 1. The van der Waals surface area contributed by atoms with Gasteiger partial charge in [-0.15, -0.1) is 0 Å². The molecule has 0 amide bonds. The van der Waals surface area contributed by atoms with Crippen molar-refractivity contribution in [1.82, 2.24) is 4.98 Å². The highest BCUT2D eigenvalue weighted by Gasteiger charge is 2.17. The average Bonchev–Trinajstić information content (AvgIpc) is 2.78. The smallest absolute Gasteiger partial charge is 0.337 e. The zero-order valence-corrected chi connectivity index (χ0v) is 17.3. The standard InChI is InChI=1S/C26H21N3O2/c1-16-12-20(17(2)28-23-11-7-6-10-19(23)26(30)31)22-14-21(18-8-4-3-5-9-18)25(15-27)29-24(22)13-16/h3-14,17,28H,1-2H3,(H,30,31). The number of nitrogens with zero attached hydrogens (tertiary/aromatic N) is 2. The van der Waals surface area contributed by atoms with Gasteiger partial charge in [-0.2, -0.15) is 5.26 Å². The molecule has 0 aliphatic heterocycles. The molecule has 5 heteroatoms. The molecule has 3 aromatic carbocycles. The van der Waals surface area contributed by atoms with Gasteiger partial charge in [-0.05, 0) is 54.8 Å². The second-order valence-electron chi connectivity index (χ2n) is 7.50. The monoisotopic (exact) mass is 407 g/mol. The summed E-state index contributed by atoms with van der Waals surface area (Å²) < 4.78 is 0. The Kier molecular flexibility index (Phi) is 5.38. The van der Waals surface area contributed by atoms with Crippen LogP contribution in [0.1, 0.15) is 40.1 Å². The minimum Gasteiger partial charge on any atom is -0.478 e. The van der Waals surface area contributed by atoms with Gasteiger partial charge in [0, 0.05) is 22.7 Å². The largest absolute Gasteiger partial charge is 0.478 e. The van der Waals surface area contributed by atoms with Gasteiger partial charge >= 0.3 is 5.97 Å². The van der Waals surface area contributed by atoms with E-state index in [1.807, 2.05) is 62.4 Å². The number of aromatic nitrogens is 1. The molecule has 4 rings (SSSR count). The number of carbonyl (C=O) groups is 1. The lowest BCUT2D eigenvalue weighted by atomic mass is 9.95. The highest BCUT2D eigenvalue weighted by Crippen LogP contribution is 2.33. The number of rotatable bonds is 5. The summed E-state index contributed by atoms with van der Waals surface area (Å²) in [6, 6.07) is 24.7. The van der Waals surface area contributed by atoms with Crippen LogP contribution >= 0.6 is 0 Å². The van der Waals surface area contributed by atoms with Crippen LogP contribution < -0.4 is 5.32 Å². The normalized spacial score (nSPS) is 11.6. The Morgan fingerprint density at radius 2 is 1.77 bits per heavy atom. The molecule has 0 fully saturated rings. The molecule has 4 aromatic rings. The summed E-state index contributed by atoms with van der Waals surface area (Å²) >= 11 is 0. The summed E-state index contributed by atoms with van der Waals surface area (Å²) in [5, 5.41) is 23.5. The number of benzene rings is 3. The predicted molar refractivity (Wildman–Crippen MR) is 122 cm³/mol. The van der Waals surface area contributed by atoms with Gasteiger partial charge in [0.15, 0.2) is 0 Å². The number of anilines is 1. The van der Waals surface area contributed by atoms with E-state index in [-0.39, 0.29) is 11.6 Å². The first kappa shape index (κ1) is 20.1. The summed E-state index contributed by atoms with van der Waals surface area (Å²) in [7, 11) is 0. The highest BCUT2D eigenvalue weighted by atomic mass is 16.4. The molecule has 1 atom stereocenters. The van der Waals surface area contributed by atoms with Crippen LogP contribution in [0, 0.1) is 18.3 Å². The molecule has 152 valence electrons. The first-order chi connectivity index (χ1) is 15.0. The summed E-state index contributed by atoms with van der Waals surface area (Å²) in [5.41, 5.74) is 5.62. The van der Waals surface area contributed by atoms with E-state index in [9.17, 15) is 15.2 Å². The fourth-order valence-corrected chi connectivity index (χ4v) is 3.84. The fraction of sp³-hybridized carbons (Fsp3) is 0.115. The molecule has 0 saturated carbocycles. The van der Waals surface area contributed by atoms with Crippen molar-refractivity contribution in [3.05, 3.63) is 95.2 Å². The number of pyridine rings is 1. The lowest BCUT2D eigenvalue weighted by molar-refractivity contribution is 0.0698. The zero-order chi connectivity index (χ0) is 22.0. The quantitative estimate of drug-likeness (QED) is 0.427. The second kappa shape index (κ2) is 8.29. The topological polar surface area (TPSA) is 86.0 Å². The SMILES string of the molecule is Cc1cc(C(C)Nc2ccccc2C(=O)O)c2cc(-c3ccccc3)c(C#N)nc2c1. The van der Waals surface area contributed by atoms with Gasteiger partial charge in [0.2, 0.25) is 0 Å². The number of hydrogen-bond acceptors (Lipinski definition) is 4. The molecular formula is C26H21N3O2. The minimum atomic E-state index is -0.976. The molecule has 0 radical (unpaired) electrons. The van der Waals surface area contributed by atoms with Crippen molar-refractivity contribution in [2.24, 2.45) is 0 Å². The predicted octanol–water partition coefficient (Wildman–Crippen LogP) is 5.95. The van der Waals surface area contributed by atoms with Crippen molar-refractivity contribution in [1.29, 1.82) is 5.26 Å². The first-order valence-corrected chi connectivity index (χ1v) is 9.97. The third-order valence-corrected chi connectivity index (χ3v) is 5.30. The molecule has 1 heterocycles. The number of aromatic carboxylic acids is 1. The summed E-state index contributed by atoms with van der Waals surface area (Å²) in [4.78, 5) is 16.2. The van der Waals surface area contributed by atoms with Crippen LogP contribution in [0.15, 0.2) is 72.8 Å². The summed E-state index contributed by atoms with van der Waals surface area (Å²) in [6.07, 6.45) is 0. The fourth-order valence-electron chi connectivity index (χ4n) is 3.84. The van der Waals surface area contributed by atoms with Crippen molar-refractivity contribution >= 4 is 22.6 Å². The van der Waals surface area contributed by atoms with Gasteiger partial charge in [0.05, 0.1) is 11.1 Å². The average molecular weight is 407 g/mol. The van der Waals surface area contributed by atoms with Crippen LogP contribution in [0.25, 0.3) is 22.0 Å². The van der Waals surface area contributed by atoms with Crippen LogP contribution in [-0.4, -0.2) is 16.1 Å². The zero-order valence-electron chi connectivity index (χ0n) is 17.3. The van der Waals surface area contributed by atoms with Crippen molar-refractivity contribution in [2.75, 3.05) is 5.32 Å². The van der Waals surface area contributed by atoms with Crippen molar-refractivity contribution in [3.63, 3.8) is 0 Å². The van der Waals surface area contributed by atoms with Gasteiger partial charge in [0.1, 0.15) is 11.8 Å². The number of hydrogen-bond donors (Lipinski definition) is 2. The van der Waals surface area contributed by atoms with Crippen LogP contribution in [0.4, 0.5) is 5.69 Å². The molecule has 5 nitrogen and oxygen atoms in total. The molecule has 1 unspecified atom stereocenters. The Balaban J connectivity index is 1.86. The number of para-hydroxylation sites is 1. The van der Waals surface area contributed by atoms with Gasteiger partial charge < -0.3 is 10.4 Å². The van der Waals surface area contributed by atoms with E-state index < -0.39 is 5.97 Å². The molecule has 1 aromatic heterocycles. The maximum atomic E-state index is 11.6. The molecule has 0 spiro atoms. The molecule has 0 saturated heterocycles. The Bertz CT molecular complexity index is 1320. The van der Waals surface area contributed by atoms with Gasteiger partial charge in [-0.1, -0.05) is 48.5 Å². The number of nitrogens with one attached hydrogen (secondary N) is 1. The molecule has 0 bridgehead atoms. The molecule has 0 aliphatic rings. The molecule has 0 aliphatic carbocycles. The van der Waals surface area contributed by atoms with Crippen LogP contribution in [0.2, 0.25) is 0 Å². The Hall–Kier alpha value is -4.17. The van der Waals surface area contributed by atoms with Gasteiger partial charge in [-0.25, -0.2) is 9.78 Å². The van der Waals surface area contributed by atoms with E-state index in [0.29, 0.717) is 11.4 Å². The maximum absolute atomic E-state index is 11.6. The highest BCUT2D eigenvalue weighted by molar-refractivity contribution is 5.94. The van der Waals surface area contributed by atoms with Crippen molar-refractivity contribution < 1.29 is 9.90 Å². The van der Waals surface area contributed by atoms with Crippen LogP contribution in [0.3, 0.4) is 0 Å². The third kappa shape index (κ3) is 3.96.